The molecule has 4 N–H and O–H groups in total. The maximum atomic E-state index is 13.1. The number of benzene rings is 2. The quantitative estimate of drug-likeness (QED) is 0.316. The number of amides is 2. The van der Waals surface area contributed by atoms with Gasteiger partial charge >= 0.3 is 5.97 Å². The van der Waals surface area contributed by atoms with E-state index >= 15 is 0 Å². The third-order valence-corrected chi connectivity index (χ3v) is 5.85. The van der Waals surface area contributed by atoms with Gasteiger partial charge in [0.25, 0.3) is 0 Å². The van der Waals surface area contributed by atoms with Crippen molar-refractivity contribution in [1.29, 1.82) is 0 Å². The first kappa shape index (κ1) is 22.2. The summed E-state index contributed by atoms with van der Waals surface area (Å²) in [7, 11) is 0. The number of aromatic hydroxyl groups is 1. The standard InChI is InChI=1S/C24H21N3O5S/c28-20-12-15(6-8-17(20)23(31)32)19-9-7-16(25-19)13-18-21(29)26-24(33)27(22(18)30)11-10-14-4-2-1-3-5-14/h1-9,12,18,25,28H,10-11,13H2,(H,31,32)(H,26,29,33). The smallest absolute Gasteiger partial charge is 0.339 e. The zero-order valence-electron chi connectivity index (χ0n) is 17.4. The lowest BCUT2D eigenvalue weighted by Crippen LogP contribution is -2.58. The molecule has 1 aliphatic heterocycles. The number of thiocarbonyl (C=S) groups is 1. The van der Waals surface area contributed by atoms with Crippen molar-refractivity contribution in [3.63, 3.8) is 0 Å². The lowest BCUT2D eigenvalue weighted by molar-refractivity contribution is -0.141. The fourth-order valence-electron chi connectivity index (χ4n) is 3.77. The van der Waals surface area contributed by atoms with Gasteiger partial charge in [-0.3, -0.25) is 14.5 Å². The van der Waals surface area contributed by atoms with Gasteiger partial charge in [-0.2, -0.15) is 0 Å². The van der Waals surface area contributed by atoms with Gasteiger partial charge in [0.15, 0.2) is 5.11 Å². The summed E-state index contributed by atoms with van der Waals surface area (Å²) in [6.07, 6.45) is 0.756. The number of hydrogen-bond donors (Lipinski definition) is 4. The molecule has 3 aromatic rings. The lowest BCUT2D eigenvalue weighted by Gasteiger charge is -2.32. The van der Waals surface area contributed by atoms with Crippen LogP contribution in [0, 0.1) is 5.92 Å². The molecular weight excluding hydrogens is 442 g/mol. The zero-order chi connectivity index (χ0) is 23.5. The van der Waals surface area contributed by atoms with Gasteiger partial charge in [0.05, 0.1) is 0 Å². The number of carbonyl (C=O) groups excluding carboxylic acids is 2. The van der Waals surface area contributed by atoms with Crippen LogP contribution in [0.15, 0.2) is 60.7 Å². The molecule has 2 heterocycles. The second-order valence-electron chi connectivity index (χ2n) is 7.71. The van der Waals surface area contributed by atoms with Crippen molar-refractivity contribution in [3.8, 4) is 17.0 Å². The minimum atomic E-state index is -1.22. The molecule has 0 saturated carbocycles. The summed E-state index contributed by atoms with van der Waals surface area (Å²) in [6.45, 7) is 0.365. The topological polar surface area (TPSA) is 123 Å². The molecular formula is C24H21N3O5S. The Kier molecular flexibility index (Phi) is 6.23. The van der Waals surface area contributed by atoms with Crippen molar-refractivity contribution in [2.75, 3.05) is 6.54 Å². The highest BCUT2D eigenvalue weighted by atomic mass is 32.1. The average molecular weight is 464 g/mol. The largest absolute Gasteiger partial charge is 0.507 e. The Balaban J connectivity index is 1.48. The molecule has 1 atom stereocenters. The Hall–Kier alpha value is -3.98. The molecule has 0 spiro atoms. The number of H-pyrrole nitrogens is 1. The Bertz CT molecular complexity index is 1240. The van der Waals surface area contributed by atoms with E-state index < -0.39 is 17.8 Å². The first-order chi connectivity index (χ1) is 15.8. The molecule has 0 radical (unpaired) electrons. The van der Waals surface area contributed by atoms with Crippen LogP contribution in [0.2, 0.25) is 0 Å². The van der Waals surface area contributed by atoms with E-state index in [0.717, 1.165) is 5.56 Å². The predicted octanol–water partition coefficient (Wildman–Crippen LogP) is 2.73. The third-order valence-electron chi connectivity index (χ3n) is 5.53. The summed E-state index contributed by atoms with van der Waals surface area (Å²) in [5.74, 6) is -3.29. The van der Waals surface area contributed by atoms with Crippen LogP contribution < -0.4 is 5.32 Å². The first-order valence-corrected chi connectivity index (χ1v) is 10.7. The molecule has 1 aliphatic rings. The molecule has 4 rings (SSSR count). The molecule has 1 unspecified atom stereocenters. The fourth-order valence-corrected chi connectivity index (χ4v) is 4.05. The Morgan fingerprint density at radius 3 is 2.52 bits per heavy atom. The van der Waals surface area contributed by atoms with Crippen LogP contribution in [0.5, 0.6) is 5.75 Å². The van der Waals surface area contributed by atoms with Gasteiger partial charge in [0, 0.05) is 29.9 Å². The van der Waals surface area contributed by atoms with Crippen molar-refractivity contribution in [3.05, 3.63) is 77.5 Å². The molecule has 2 aromatic carbocycles. The number of aromatic carboxylic acids is 1. The highest BCUT2D eigenvalue weighted by Gasteiger charge is 2.38. The van der Waals surface area contributed by atoms with Gasteiger partial charge in [-0.1, -0.05) is 36.4 Å². The van der Waals surface area contributed by atoms with Crippen LogP contribution in [-0.4, -0.2) is 49.5 Å². The third kappa shape index (κ3) is 4.78. The van der Waals surface area contributed by atoms with E-state index in [1.54, 1.807) is 18.2 Å². The van der Waals surface area contributed by atoms with E-state index in [2.05, 4.69) is 10.3 Å². The summed E-state index contributed by atoms with van der Waals surface area (Å²) >= 11 is 5.22. The number of nitrogens with one attached hydrogen (secondary N) is 2. The molecule has 168 valence electrons. The number of phenols is 1. The van der Waals surface area contributed by atoms with E-state index in [4.69, 9.17) is 17.3 Å². The Labute approximate surface area is 194 Å². The Morgan fingerprint density at radius 2 is 1.82 bits per heavy atom. The first-order valence-electron chi connectivity index (χ1n) is 10.3. The molecule has 8 nitrogen and oxygen atoms in total. The van der Waals surface area contributed by atoms with Gasteiger partial charge in [-0.05, 0) is 48.5 Å². The second-order valence-corrected chi connectivity index (χ2v) is 8.10. The maximum absolute atomic E-state index is 13.1. The number of carbonyl (C=O) groups is 3. The molecule has 1 aromatic heterocycles. The number of nitrogens with zero attached hydrogens (tertiary/aromatic N) is 1. The maximum Gasteiger partial charge on any atom is 0.339 e. The molecule has 1 saturated heterocycles. The molecule has 9 heteroatoms. The number of aromatic amines is 1. The second kappa shape index (κ2) is 9.25. The molecule has 0 aliphatic carbocycles. The summed E-state index contributed by atoms with van der Waals surface area (Å²) in [5, 5.41) is 21.7. The van der Waals surface area contributed by atoms with Crippen LogP contribution in [0.3, 0.4) is 0 Å². The molecule has 0 bridgehead atoms. The van der Waals surface area contributed by atoms with Gasteiger partial charge < -0.3 is 20.5 Å². The lowest BCUT2D eigenvalue weighted by atomic mass is 9.98. The average Bonchev–Trinajstić information content (AvgIpc) is 3.25. The summed E-state index contributed by atoms with van der Waals surface area (Å²) < 4.78 is 0. The van der Waals surface area contributed by atoms with Crippen LogP contribution in [-0.2, 0) is 22.4 Å². The van der Waals surface area contributed by atoms with Gasteiger partial charge in [0.2, 0.25) is 11.8 Å². The van der Waals surface area contributed by atoms with Gasteiger partial charge in [0.1, 0.15) is 17.2 Å². The van der Waals surface area contributed by atoms with Crippen molar-refractivity contribution in [2.45, 2.75) is 12.8 Å². The van der Waals surface area contributed by atoms with E-state index in [-0.39, 0.29) is 28.8 Å². The van der Waals surface area contributed by atoms with E-state index in [1.807, 2.05) is 30.3 Å². The number of carboxylic acids is 1. The fraction of sp³-hybridized carbons (Fsp3) is 0.167. The number of carboxylic acid groups (broad SMARTS) is 1. The van der Waals surface area contributed by atoms with Crippen LogP contribution in [0.4, 0.5) is 0 Å². The van der Waals surface area contributed by atoms with Crippen molar-refractivity contribution in [2.24, 2.45) is 5.92 Å². The number of rotatable bonds is 7. The minimum Gasteiger partial charge on any atom is -0.507 e. The van der Waals surface area contributed by atoms with Gasteiger partial charge in [-0.15, -0.1) is 0 Å². The van der Waals surface area contributed by atoms with Crippen molar-refractivity contribution >= 4 is 35.1 Å². The van der Waals surface area contributed by atoms with E-state index in [0.29, 0.717) is 29.9 Å². The molecule has 33 heavy (non-hydrogen) atoms. The predicted molar refractivity (Wildman–Crippen MR) is 125 cm³/mol. The van der Waals surface area contributed by atoms with Crippen LogP contribution in [0.25, 0.3) is 11.3 Å². The molecule has 1 fully saturated rings. The highest BCUT2D eigenvalue weighted by Crippen LogP contribution is 2.27. The minimum absolute atomic E-state index is 0.110. The number of hydrogen-bond acceptors (Lipinski definition) is 5. The van der Waals surface area contributed by atoms with Crippen LogP contribution in [0.1, 0.15) is 21.6 Å². The zero-order valence-corrected chi connectivity index (χ0v) is 18.3. The van der Waals surface area contributed by atoms with E-state index in [9.17, 15) is 19.5 Å². The number of aromatic nitrogens is 1. The SMILES string of the molecule is O=C(O)c1ccc(-c2ccc(CC3C(=O)NC(=S)N(CCc4ccccc4)C3=O)[nH]2)cc1O. The highest BCUT2D eigenvalue weighted by molar-refractivity contribution is 7.80. The summed E-state index contributed by atoms with van der Waals surface area (Å²) in [5.41, 5.74) is 2.72. The summed E-state index contributed by atoms with van der Waals surface area (Å²) in [4.78, 5) is 41.2. The van der Waals surface area contributed by atoms with E-state index in [1.165, 1.54) is 17.0 Å². The van der Waals surface area contributed by atoms with Gasteiger partial charge in [-0.25, -0.2) is 4.79 Å². The molecule has 2 amide bonds. The van der Waals surface area contributed by atoms with Crippen molar-refractivity contribution in [1.82, 2.24) is 15.2 Å². The summed E-state index contributed by atoms with van der Waals surface area (Å²) in [6, 6.07) is 17.4. The van der Waals surface area contributed by atoms with Crippen molar-refractivity contribution < 1.29 is 24.6 Å². The van der Waals surface area contributed by atoms with Crippen LogP contribution >= 0.6 is 12.2 Å². The normalized spacial score (nSPS) is 16.1. The monoisotopic (exact) mass is 463 g/mol. The Morgan fingerprint density at radius 1 is 1.06 bits per heavy atom.